The largest absolute Gasteiger partial charge is 0.493 e. The Balaban J connectivity index is 3.31. The van der Waals surface area contributed by atoms with Crippen LogP contribution in [0.25, 0.3) is 0 Å². The summed E-state index contributed by atoms with van der Waals surface area (Å²) in [6.07, 6.45) is 0.982. The van der Waals surface area contributed by atoms with E-state index in [0.29, 0.717) is 11.8 Å². The van der Waals surface area contributed by atoms with Crippen LogP contribution in [0.4, 0.5) is 0 Å². The second-order valence-electron chi connectivity index (χ2n) is 5.71. The van der Waals surface area contributed by atoms with Crippen LogP contribution in [0.5, 0.6) is 5.88 Å². The minimum absolute atomic E-state index is 0.0178. The SMILES string of the molecule is CCCn1nc(C(C)(C)C)c(C(C)C)c1O. The molecule has 1 rings (SSSR count). The highest BCUT2D eigenvalue weighted by molar-refractivity contribution is 5.37. The van der Waals surface area contributed by atoms with E-state index in [-0.39, 0.29) is 5.41 Å². The Morgan fingerprint density at radius 3 is 2.19 bits per heavy atom. The Hall–Kier alpha value is -0.990. The number of aryl methyl sites for hydroxylation is 1. The van der Waals surface area contributed by atoms with Gasteiger partial charge >= 0.3 is 0 Å². The summed E-state index contributed by atoms with van der Waals surface area (Å²) in [7, 11) is 0. The summed E-state index contributed by atoms with van der Waals surface area (Å²) >= 11 is 0. The van der Waals surface area contributed by atoms with Gasteiger partial charge in [-0.15, -0.1) is 0 Å². The maximum absolute atomic E-state index is 10.2. The maximum Gasteiger partial charge on any atom is 0.213 e. The molecule has 1 aromatic rings. The molecule has 0 aliphatic carbocycles. The van der Waals surface area contributed by atoms with Gasteiger partial charge in [-0.05, 0) is 12.3 Å². The molecule has 0 spiro atoms. The van der Waals surface area contributed by atoms with Crippen molar-refractivity contribution in [3.63, 3.8) is 0 Å². The first-order chi connectivity index (χ1) is 7.29. The third-order valence-corrected chi connectivity index (χ3v) is 2.68. The van der Waals surface area contributed by atoms with Crippen LogP contribution in [0.1, 0.15) is 65.1 Å². The summed E-state index contributed by atoms with van der Waals surface area (Å²) in [4.78, 5) is 0. The molecular formula is C13H24N2O. The molecule has 0 saturated heterocycles. The summed E-state index contributed by atoms with van der Waals surface area (Å²) in [6, 6.07) is 0. The molecule has 0 aliphatic heterocycles. The van der Waals surface area contributed by atoms with Gasteiger partial charge in [-0.25, -0.2) is 4.68 Å². The fourth-order valence-electron chi connectivity index (χ4n) is 1.92. The lowest BCUT2D eigenvalue weighted by Crippen LogP contribution is -2.15. The maximum atomic E-state index is 10.2. The molecule has 1 aromatic heterocycles. The highest BCUT2D eigenvalue weighted by atomic mass is 16.3. The molecular weight excluding hydrogens is 200 g/mol. The van der Waals surface area contributed by atoms with Gasteiger partial charge in [0.1, 0.15) is 0 Å². The molecule has 0 unspecified atom stereocenters. The lowest BCUT2D eigenvalue weighted by molar-refractivity contribution is 0.390. The Morgan fingerprint density at radius 1 is 1.31 bits per heavy atom. The summed E-state index contributed by atoms with van der Waals surface area (Å²) in [5, 5.41) is 14.7. The topological polar surface area (TPSA) is 38.0 Å². The summed E-state index contributed by atoms with van der Waals surface area (Å²) in [5.74, 6) is 0.654. The average molecular weight is 224 g/mol. The van der Waals surface area contributed by atoms with Crippen LogP contribution in [0.3, 0.4) is 0 Å². The lowest BCUT2D eigenvalue weighted by atomic mass is 9.86. The molecule has 0 aliphatic rings. The van der Waals surface area contributed by atoms with Gasteiger partial charge in [0.25, 0.3) is 0 Å². The van der Waals surface area contributed by atoms with E-state index in [4.69, 9.17) is 0 Å². The first-order valence-corrected chi connectivity index (χ1v) is 6.09. The predicted octanol–water partition coefficient (Wildman–Crippen LogP) is 3.42. The first-order valence-electron chi connectivity index (χ1n) is 6.09. The third-order valence-electron chi connectivity index (χ3n) is 2.68. The molecule has 3 heteroatoms. The number of aromatic hydroxyl groups is 1. The van der Waals surface area contributed by atoms with Gasteiger partial charge < -0.3 is 5.11 Å². The Morgan fingerprint density at radius 2 is 1.88 bits per heavy atom. The van der Waals surface area contributed by atoms with Crippen molar-refractivity contribution in [3.8, 4) is 5.88 Å². The van der Waals surface area contributed by atoms with Crippen molar-refractivity contribution in [2.24, 2.45) is 0 Å². The molecule has 1 heterocycles. The Kier molecular flexibility index (Phi) is 3.66. The molecule has 16 heavy (non-hydrogen) atoms. The molecule has 0 saturated carbocycles. The van der Waals surface area contributed by atoms with Gasteiger partial charge in [0.15, 0.2) is 0 Å². The van der Waals surface area contributed by atoms with Gasteiger partial charge in [-0.1, -0.05) is 41.5 Å². The highest BCUT2D eigenvalue weighted by Gasteiger charge is 2.27. The van der Waals surface area contributed by atoms with Gasteiger partial charge in [0.05, 0.1) is 5.69 Å². The zero-order valence-electron chi connectivity index (χ0n) is 11.3. The monoisotopic (exact) mass is 224 g/mol. The molecule has 0 fully saturated rings. The van der Waals surface area contributed by atoms with E-state index < -0.39 is 0 Å². The normalized spacial score (nSPS) is 12.4. The third kappa shape index (κ3) is 2.39. The zero-order chi connectivity index (χ0) is 12.5. The van der Waals surface area contributed by atoms with E-state index in [0.717, 1.165) is 24.2 Å². The van der Waals surface area contributed by atoms with Crippen LogP contribution >= 0.6 is 0 Å². The van der Waals surface area contributed by atoms with E-state index in [1.165, 1.54) is 0 Å². The first kappa shape index (κ1) is 13.1. The summed E-state index contributed by atoms with van der Waals surface area (Å²) in [5.41, 5.74) is 2.00. The standard InChI is InChI=1S/C13H24N2O/c1-7-8-15-12(16)10(9(2)3)11(14-15)13(4,5)6/h9,16H,7-8H2,1-6H3. The second kappa shape index (κ2) is 4.48. The quantitative estimate of drug-likeness (QED) is 0.854. The van der Waals surface area contributed by atoms with Crippen molar-refractivity contribution in [1.82, 2.24) is 9.78 Å². The van der Waals surface area contributed by atoms with Crippen LogP contribution in [0.2, 0.25) is 0 Å². The van der Waals surface area contributed by atoms with Crippen molar-refractivity contribution in [2.75, 3.05) is 0 Å². The fraction of sp³-hybridized carbons (Fsp3) is 0.769. The fourth-order valence-corrected chi connectivity index (χ4v) is 1.92. The van der Waals surface area contributed by atoms with Gasteiger partial charge in [0, 0.05) is 17.5 Å². The van der Waals surface area contributed by atoms with Crippen molar-refractivity contribution in [1.29, 1.82) is 0 Å². The van der Waals surface area contributed by atoms with Crippen molar-refractivity contribution in [3.05, 3.63) is 11.3 Å². The van der Waals surface area contributed by atoms with Crippen molar-refractivity contribution < 1.29 is 5.11 Å². The molecule has 0 amide bonds. The van der Waals surface area contributed by atoms with E-state index in [1.54, 1.807) is 4.68 Å². The van der Waals surface area contributed by atoms with Crippen LogP contribution in [0.15, 0.2) is 0 Å². The molecule has 0 aromatic carbocycles. The Labute approximate surface area is 98.5 Å². The zero-order valence-corrected chi connectivity index (χ0v) is 11.3. The van der Waals surface area contributed by atoms with E-state index in [9.17, 15) is 5.11 Å². The van der Waals surface area contributed by atoms with Gasteiger partial charge in [0.2, 0.25) is 5.88 Å². The van der Waals surface area contributed by atoms with Crippen molar-refractivity contribution in [2.45, 2.75) is 65.8 Å². The smallest absolute Gasteiger partial charge is 0.213 e. The van der Waals surface area contributed by atoms with Gasteiger partial charge in [-0.3, -0.25) is 0 Å². The van der Waals surface area contributed by atoms with Gasteiger partial charge in [-0.2, -0.15) is 5.10 Å². The van der Waals surface area contributed by atoms with Crippen molar-refractivity contribution >= 4 is 0 Å². The van der Waals surface area contributed by atoms with Crippen LogP contribution < -0.4 is 0 Å². The van der Waals surface area contributed by atoms with Crippen LogP contribution in [-0.4, -0.2) is 14.9 Å². The predicted molar refractivity (Wildman–Crippen MR) is 67.0 cm³/mol. The van der Waals surface area contributed by atoms with E-state index >= 15 is 0 Å². The molecule has 0 atom stereocenters. The Bertz CT molecular complexity index is 359. The van der Waals surface area contributed by atoms with E-state index in [1.807, 2.05) is 0 Å². The minimum atomic E-state index is -0.0178. The van der Waals surface area contributed by atoms with Crippen LogP contribution in [0, 0.1) is 0 Å². The minimum Gasteiger partial charge on any atom is -0.493 e. The van der Waals surface area contributed by atoms with E-state index in [2.05, 4.69) is 46.6 Å². The molecule has 3 nitrogen and oxygen atoms in total. The highest BCUT2D eigenvalue weighted by Crippen LogP contribution is 2.35. The summed E-state index contributed by atoms with van der Waals surface area (Å²) < 4.78 is 1.73. The molecule has 0 radical (unpaired) electrons. The number of hydrogen-bond acceptors (Lipinski definition) is 2. The van der Waals surface area contributed by atoms with Crippen LogP contribution in [-0.2, 0) is 12.0 Å². The molecule has 1 N–H and O–H groups in total. The lowest BCUT2D eigenvalue weighted by Gasteiger charge is -2.18. The number of nitrogens with zero attached hydrogens (tertiary/aromatic N) is 2. The number of aromatic nitrogens is 2. The number of rotatable bonds is 3. The average Bonchev–Trinajstić information content (AvgIpc) is 2.44. The molecule has 0 bridgehead atoms. The second-order valence-corrected chi connectivity index (χ2v) is 5.71. The summed E-state index contributed by atoms with van der Waals surface area (Å²) in [6.45, 7) is 13.5. The number of hydrogen-bond donors (Lipinski definition) is 1. The molecule has 92 valence electrons.